The van der Waals surface area contributed by atoms with Crippen LogP contribution in [0.2, 0.25) is 0 Å². The molecule has 136 valence electrons. The summed E-state index contributed by atoms with van der Waals surface area (Å²) in [5, 5.41) is 3.61. The topological polar surface area (TPSA) is 41.6 Å². The van der Waals surface area contributed by atoms with Crippen LogP contribution < -0.4 is 5.32 Å². The highest BCUT2D eigenvalue weighted by atomic mass is 16.6. The molecule has 23 heavy (non-hydrogen) atoms. The number of carbonyl (C=O) groups is 1. The molecule has 0 aromatic heterocycles. The molecular formula is C19H38N2O2. The third kappa shape index (κ3) is 8.59. The minimum atomic E-state index is -0.417. The van der Waals surface area contributed by atoms with Gasteiger partial charge in [-0.2, -0.15) is 0 Å². The van der Waals surface area contributed by atoms with Gasteiger partial charge in [-0.05, 0) is 78.7 Å². The van der Waals surface area contributed by atoms with Crippen LogP contribution in [0.5, 0.6) is 0 Å². The second kappa shape index (κ2) is 9.51. The number of rotatable bonds is 7. The number of hydrogen-bond acceptors (Lipinski definition) is 3. The predicted octanol–water partition coefficient (Wildman–Crippen LogP) is 4.58. The van der Waals surface area contributed by atoms with Crippen molar-refractivity contribution >= 4 is 6.09 Å². The Balaban J connectivity index is 2.43. The summed E-state index contributed by atoms with van der Waals surface area (Å²) in [7, 11) is 0. The molecule has 0 aliphatic carbocycles. The molecule has 1 aliphatic heterocycles. The van der Waals surface area contributed by atoms with Crippen molar-refractivity contribution in [3.63, 3.8) is 0 Å². The summed E-state index contributed by atoms with van der Waals surface area (Å²) in [5.74, 6) is 0.771. The van der Waals surface area contributed by atoms with Crippen molar-refractivity contribution in [2.75, 3.05) is 13.1 Å². The standard InChI is InChI=1S/C19H38N2O2/c1-15(2)10-9-12-20-16(3)14-17-11-7-8-13-21(17)18(22)23-19(4,5)6/h15-17,20H,7-14H2,1-6H3. The van der Waals surface area contributed by atoms with E-state index in [9.17, 15) is 4.79 Å². The third-order valence-corrected chi connectivity index (χ3v) is 4.33. The molecule has 1 rings (SSSR count). The first-order valence-corrected chi connectivity index (χ1v) is 9.42. The molecule has 0 spiro atoms. The van der Waals surface area contributed by atoms with Gasteiger partial charge in [-0.15, -0.1) is 0 Å². The number of carbonyl (C=O) groups excluding carboxylic acids is 1. The van der Waals surface area contributed by atoms with Gasteiger partial charge in [0.05, 0.1) is 0 Å². The summed E-state index contributed by atoms with van der Waals surface area (Å²) in [5.41, 5.74) is -0.417. The Bertz CT molecular complexity index is 350. The molecule has 0 radical (unpaired) electrons. The number of likely N-dealkylation sites (tertiary alicyclic amines) is 1. The first-order valence-electron chi connectivity index (χ1n) is 9.42. The minimum absolute atomic E-state index is 0.144. The van der Waals surface area contributed by atoms with Gasteiger partial charge in [0.2, 0.25) is 0 Å². The smallest absolute Gasteiger partial charge is 0.410 e. The van der Waals surface area contributed by atoms with E-state index in [0.717, 1.165) is 38.3 Å². The zero-order valence-corrected chi connectivity index (χ0v) is 16.2. The zero-order valence-electron chi connectivity index (χ0n) is 16.2. The molecule has 4 nitrogen and oxygen atoms in total. The average Bonchev–Trinajstić information content (AvgIpc) is 2.42. The first-order chi connectivity index (χ1) is 10.7. The third-order valence-electron chi connectivity index (χ3n) is 4.33. The lowest BCUT2D eigenvalue weighted by Gasteiger charge is -2.38. The predicted molar refractivity (Wildman–Crippen MR) is 96.7 cm³/mol. The van der Waals surface area contributed by atoms with Gasteiger partial charge in [0.15, 0.2) is 0 Å². The summed E-state index contributed by atoms with van der Waals surface area (Å²) in [6.45, 7) is 14.5. The van der Waals surface area contributed by atoms with Crippen molar-refractivity contribution in [1.82, 2.24) is 10.2 Å². The molecule has 2 unspecified atom stereocenters. The number of piperidine rings is 1. The van der Waals surface area contributed by atoms with Crippen LogP contribution in [0.4, 0.5) is 4.79 Å². The zero-order chi connectivity index (χ0) is 17.5. The number of amides is 1. The van der Waals surface area contributed by atoms with E-state index in [1.807, 2.05) is 25.7 Å². The van der Waals surface area contributed by atoms with Gasteiger partial charge >= 0.3 is 6.09 Å². The Hall–Kier alpha value is -0.770. The van der Waals surface area contributed by atoms with Crippen LogP contribution in [0.1, 0.15) is 80.1 Å². The number of nitrogens with one attached hydrogen (secondary N) is 1. The Morgan fingerprint density at radius 1 is 1.26 bits per heavy atom. The maximum Gasteiger partial charge on any atom is 0.410 e. The lowest BCUT2D eigenvalue weighted by molar-refractivity contribution is 0.00791. The number of hydrogen-bond donors (Lipinski definition) is 1. The maximum absolute atomic E-state index is 12.4. The molecule has 0 aromatic carbocycles. The van der Waals surface area contributed by atoms with Gasteiger partial charge in [0, 0.05) is 18.6 Å². The molecule has 1 amide bonds. The van der Waals surface area contributed by atoms with Gasteiger partial charge in [-0.1, -0.05) is 13.8 Å². The molecule has 0 bridgehead atoms. The van der Waals surface area contributed by atoms with Crippen molar-refractivity contribution < 1.29 is 9.53 Å². The molecule has 0 saturated carbocycles. The van der Waals surface area contributed by atoms with Crippen LogP contribution in [0.3, 0.4) is 0 Å². The second-order valence-electron chi connectivity index (χ2n) is 8.45. The van der Waals surface area contributed by atoms with E-state index in [1.54, 1.807) is 0 Å². The fourth-order valence-corrected chi connectivity index (χ4v) is 3.16. The molecule has 1 saturated heterocycles. The van der Waals surface area contributed by atoms with Crippen LogP contribution in [0.25, 0.3) is 0 Å². The lowest BCUT2D eigenvalue weighted by atomic mass is 9.96. The first kappa shape index (κ1) is 20.3. The van der Waals surface area contributed by atoms with E-state index in [2.05, 4.69) is 26.1 Å². The van der Waals surface area contributed by atoms with Crippen LogP contribution >= 0.6 is 0 Å². The normalized spacial score (nSPS) is 20.7. The molecule has 2 atom stereocenters. The average molecular weight is 327 g/mol. The van der Waals surface area contributed by atoms with Crippen molar-refractivity contribution in [2.45, 2.75) is 97.8 Å². The molecule has 1 aliphatic rings. The van der Waals surface area contributed by atoms with Crippen molar-refractivity contribution in [1.29, 1.82) is 0 Å². The summed E-state index contributed by atoms with van der Waals surface area (Å²) in [4.78, 5) is 14.4. The number of ether oxygens (including phenoxy) is 1. The highest BCUT2D eigenvalue weighted by Gasteiger charge is 2.31. The Morgan fingerprint density at radius 3 is 2.57 bits per heavy atom. The second-order valence-corrected chi connectivity index (χ2v) is 8.45. The van der Waals surface area contributed by atoms with Gasteiger partial charge in [0.25, 0.3) is 0 Å². The van der Waals surface area contributed by atoms with Gasteiger partial charge < -0.3 is 15.0 Å². The Morgan fingerprint density at radius 2 is 1.96 bits per heavy atom. The van der Waals surface area contributed by atoms with Crippen molar-refractivity contribution in [3.8, 4) is 0 Å². The maximum atomic E-state index is 12.4. The molecule has 1 heterocycles. The number of nitrogens with zero attached hydrogens (tertiary/aromatic N) is 1. The molecular weight excluding hydrogens is 288 g/mol. The fourth-order valence-electron chi connectivity index (χ4n) is 3.16. The highest BCUT2D eigenvalue weighted by molar-refractivity contribution is 5.68. The van der Waals surface area contributed by atoms with Crippen molar-refractivity contribution in [2.24, 2.45) is 5.92 Å². The quantitative estimate of drug-likeness (QED) is 0.696. The fraction of sp³-hybridized carbons (Fsp3) is 0.947. The van der Waals surface area contributed by atoms with Crippen LogP contribution in [0, 0.1) is 5.92 Å². The van der Waals surface area contributed by atoms with Crippen LogP contribution in [-0.4, -0.2) is 41.8 Å². The monoisotopic (exact) mass is 326 g/mol. The molecule has 4 heteroatoms. The van der Waals surface area contributed by atoms with E-state index in [0.29, 0.717) is 12.1 Å². The lowest BCUT2D eigenvalue weighted by Crippen LogP contribution is -2.48. The molecule has 1 fully saturated rings. The largest absolute Gasteiger partial charge is 0.444 e. The molecule has 1 N–H and O–H groups in total. The summed E-state index contributed by atoms with van der Waals surface area (Å²) in [6.07, 6.45) is 6.76. The SMILES string of the molecule is CC(C)CCCNC(C)CC1CCCCN1C(=O)OC(C)(C)C. The highest BCUT2D eigenvalue weighted by Crippen LogP contribution is 2.23. The Kier molecular flexibility index (Phi) is 8.38. The summed E-state index contributed by atoms with van der Waals surface area (Å²) in [6, 6.07) is 0.751. The van der Waals surface area contributed by atoms with E-state index in [-0.39, 0.29) is 6.09 Å². The van der Waals surface area contributed by atoms with Crippen molar-refractivity contribution in [3.05, 3.63) is 0 Å². The van der Waals surface area contributed by atoms with Crippen LogP contribution in [0.15, 0.2) is 0 Å². The van der Waals surface area contributed by atoms with Gasteiger partial charge in [-0.3, -0.25) is 0 Å². The van der Waals surface area contributed by atoms with Gasteiger partial charge in [0.1, 0.15) is 5.60 Å². The summed E-state index contributed by atoms with van der Waals surface area (Å²) < 4.78 is 5.58. The van der Waals surface area contributed by atoms with E-state index in [1.165, 1.54) is 19.3 Å². The Labute approximate surface area is 143 Å². The van der Waals surface area contributed by atoms with E-state index in [4.69, 9.17) is 4.74 Å². The van der Waals surface area contributed by atoms with E-state index >= 15 is 0 Å². The minimum Gasteiger partial charge on any atom is -0.444 e. The summed E-state index contributed by atoms with van der Waals surface area (Å²) >= 11 is 0. The van der Waals surface area contributed by atoms with Gasteiger partial charge in [-0.25, -0.2) is 4.79 Å². The van der Waals surface area contributed by atoms with Crippen LogP contribution in [-0.2, 0) is 4.74 Å². The van der Waals surface area contributed by atoms with E-state index < -0.39 is 5.60 Å². The molecule has 0 aromatic rings.